The van der Waals surface area contributed by atoms with Crippen LogP contribution in [0, 0.1) is 12.8 Å². The molecule has 1 aliphatic carbocycles. The molecule has 1 saturated carbocycles. The van der Waals surface area contributed by atoms with Crippen LogP contribution < -0.4 is 0 Å². The average molecular weight is 235 g/mol. The monoisotopic (exact) mass is 234 g/mol. The van der Waals surface area contributed by atoms with Gasteiger partial charge in [-0.15, -0.1) is 0 Å². The van der Waals surface area contributed by atoms with E-state index >= 15 is 0 Å². The minimum Gasteiger partial charge on any atom is -0.333 e. The molecule has 1 heterocycles. The van der Waals surface area contributed by atoms with Crippen molar-refractivity contribution in [3.63, 3.8) is 0 Å². The second kappa shape index (κ2) is 3.24. The van der Waals surface area contributed by atoms with Gasteiger partial charge in [0.15, 0.2) is 5.03 Å². The summed E-state index contributed by atoms with van der Waals surface area (Å²) in [7, 11) is 1.51. The van der Waals surface area contributed by atoms with Gasteiger partial charge in [-0.25, -0.2) is 13.4 Å². The minimum absolute atomic E-state index is 0.0442. The Kier molecular flexibility index (Phi) is 2.31. The van der Waals surface area contributed by atoms with Gasteiger partial charge in [0.25, 0.3) is 9.05 Å². The molecule has 0 radical (unpaired) electrons. The summed E-state index contributed by atoms with van der Waals surface area (Å²) in [4.78, 5) is 3.91. The van der Waals surface area contributed by atoms with Gasteiger partial charge in [0.2, 0.25) is 0 Å². The fraction of sp³-hybridized carbons (Fsp3) is 0.625. The highest BCUT2D eigenvalue weighted by molar-refractivity contribution is 8.13. The Hall–Kier alpha value is -0.550. The maximum Gasteiger partial charge on any atom is 0.280 e. The Labute approximate surface area is 87.3 Å². The molecule has 0 amide bonds. The Morgan fingerprint density at radius 1 is 1.64 bits per heavy atom. The van der Waals surface area contributed by atoms with Crippen LogP contribution in [0.5, 0.6) is 0 Å². The van der Waals surface area contributed by atoms with Crippen LogP contribution in [-0.2, 0) is 15.6 Å². The summed E-state index contributed by atoms with van der Waals surface area (Å²) in [6.45, 7) is 2.64. The van der Waals surface area contributed by atoms with E-state index in [-0.39, 0.29) is 5.03 Å². The quantitative estimate of drug-likeness (QED) is 0.746. The zero-order chi connectivity index (χ0) is 10.3. The molecule has 1 fully saturated rings. The Morgan fingerprint density at radius 2 is 2.29 bits per heavy atom. The summed E-state index contributed by atoms with van der Waals surface area (Å²) in [5.74, 6) is 1.39. The Balaban J connectivity index is 2.28. The third kappa shape index (κ3) is 2.09. The van der Waals surface area contributed by atoms with Crippen LogP contribution in [0.2, 0.25) is 0 Å². The summed E-state index contributed by atoms with van der Waals surface area (Å²) in [6.07, 6.45) is 3.96. The van der Waals surface area contributed by atoms with Crippen LogP contribution in [0.4, 0.5) is 0 Å². The van der Waals surface area contributed by atoms with Crippen molar-refractivity contribution < 1.29 is 8.42 Å². The van der Waals surface area contributed by atoms with E-state index in [1.807, 2.05) is 4.57 Å². The van der Waals surface area contributed by atoms with E-state index in [1.54, 1.807) is 6.92 Å². The number of halogens is 1. The maximum atomic E-state index is 11.0. The highest BCUT2D eigenvalue weighted by Crippen LogP contribution is 2.31. The maximum absolute atomic E-state index is 11.0. The molecule has 0 aliphatic heterocycles. The minimum atomic E-state index is -3.68. The second-order valence-corrected chi connectivity index (χ2v) is 6.17. The van der Waals surface area contributed by atoms with Gasteiger partial charge < -0.3 is 4.57 Å². The highest BCUT2D eigenvalue weighted by atomic mass is 35.7. The van der Waals surface area contributed by atoms with E-state index in [9.17, 15) is 8.42 Å². The first-order valence-electron chi connectivity index (χ1n) is 4.45. The van der Waals surface area contributed by atoms with Crippen molar-refractivity contribution >= 4 is 19.7 Å². The summed E-state index contributed by atoms with van der Waals surface area (Å²) in [6, 6.07) is 0. The molecule has 6 heteroatoms. The topological polar surface area (TPSA) is 52.0 Å². The molecule has 2 rings (SSSR count). The molecule has 0 bridgehead atoms. The van der Waals surface area contributed by atoms with E-state index in [2.05, 4.69) is 4.98 Å². The van der Waals surface area contributed by atoms with Crippen LogP contribution in [0.1, 0.15) is 18.7 Å². The van der Waals surface area contributed by atoms with Gasteiger partial charge in [-0.1, -0.05) is 0 Å². The number of hydrogen-bond acceptors (Lipinski definition) is 3. The van der Waals surface area contributed by atoms with Crippen LogP contribution in [0.15, 0.2) is 11.2 Å². The van der Waals surface area contributed by atoms with Crippen LogP contribution in [-0.4, -0.2) is 18.0 Å². The van der Waals surface area contributed by atoms with Gasteiger partial charge in [0.1, 0.15) is 5.82 Å². The van der Waals surface area contributed by atoms with Crippen molar-refractivity contribution in [2.24, 2.45) is 5.92 Å². The number of aryl methyl sites for hydroxylation is 1. The first-order valence-corrected chi connectivity index (χ1v) is 6.76. The van der Waals surface area contributed by atoms with Crippen molar-refractivity contribution in [1.29, 1.82) is 0 Å². The average Bonchev–Trinajstić information content (AvgIpc) is 2.76. The molecule has 14 heavy (non-hydrogen) atoms. The smallest absolute Gasteiger partial charge is 0.280 e. The van der Waals surface area contributed by atoms with Crippen molar-refractivity contribution in [2.45, 2.75) is 31.3 Å². The predicted molar refractivity (Wildman–Crippen MR) is 52.7 cm³/mol. The van der Waals surface area contributed by atoms with Crippen molar-refractivity contribution in [1.82, 2.24) is 9.55 Å². The van der Waals surface area contributed by atoms with Gasteiger partial charge in [-0.2, -0.15) is 0 Å². The number of imidazole rings is 1. The molecule has 0 saturated heterocycles. The van der Waals surface area contributed by atoms with E-state index in [4.69, 9.17) is 10.7 Å². The van der Waals surface area contributed by atoms with Gasteiger partial charge in [0.05, 0.1) is 0 Å². The fourth-order valence-electron chi connectivity index (χ4n) is 1.36. The molecule has 1 aliphatic rings. The number of nitrogens with zero attached hydrogens (tertiary/aromatic N) is 2. The Morgan fingerprint density at radius 3 is 2.71 bits per heavy atom. The normalized spacial score (nSPS) is 17.3. The van der Waals surface area contributed by atoms with E-state index < -0.39 is 9.05 Å². The van der Waals surface area contributed by atoms with E-state index in [0.717, 1.165) is 6.54 Å². The SMILES string of the molecule is Cc1nc(S(=O)(=O)Cl)cn1CC1CC1. The summed E-state index contributed by atoms with van der Waals surface area (Å²) >= 11 is 0. The second-order valence-electron chi connectivity index (χ2n) is 3.66. The molecule has 0 spiro atoms. The largest absolute Gasteiger partial charge is 0.333 e. The fourth-order valence-corrected chi connectivity index (χ4v) is 2.08. The molecule has 78 valence electrons. The number of rotatable bonds is 3. The zero-order valence-electron chi connectivity index (χ0n) is 7.77. The summed E-state index contributed by atoms with van der Waals surface area (Å²) in [5, 5.41) is -0.0442. The molecule has 0 aromatic carbocycles. The molecule has 1 aromatic rings. The molecule has 4 nitrogen and oxygen atoms in total. The lowest BCUT2D eigenvalue weighted by molar-refractivity contribution is 0.603. The van der Waals surface area contributed by atoms with Crippen molar-refractivity contribution in [3.05, 3.63) is 12.0 Å². The Bertz CT molecular complexity index is 448. The lowest BCUT2D eigenvalue weighted by atomic mass is 10.4. The lowest BCUT2D eigenvalue weighted by Gasteiger charge is -2.00. The zero-order valence-corrected chi connectivity index (χ0v) is 9.35. The predicted octanol–water partition coefficient (Wildman–Crippen LogP) is 1.53. The molecule has 0 N–H and O–H groups in total. The third-order valence-electron chi connectivity index (χ3n) is 2.36. The summed E-state index contributed by atoms with van der Waals surface area (Å²) < 4.78 is 23.8. The highest BCUT2D eigenvalue weighted by Gasteiger charge is 2.24. The van der Waals surface area contributed by atoms with Crippen LogP contribution in [0.25, 0.3) is 0 Å². The van der Waals surface area contributed by atoms with Gasteiger partial charge in [-0.05, 0) is 25.7 Å². The lowest BCUT2D eigenvalue weighted by Crippen LogP contribution is -2.00. The molecular weight excluding hydrogens is 224 g/mol. The molecule has 0 atom stereocenters. The van der Waals surface area contributed by atoms with Gasteiger partial charge in [-0.3, -0.25) is 0 Å². The van der Waals surface area contributed by atoms with Crippen LogP contribution in [0.3, 0.4) is 0 Å². The molecule has 0 unspecified atom stereocenters. The molecule has 1 aromatic heterocycles. The van der Waals surface area contributed by atoms with Crippen LogP contribution >= 0.6 is 10.7 Å². The van der Waals surface area contributed by atoms with Crippen molar-refractivity contribution in [3.8, 4) is 0 Å². The molecular formula is C8H11ClN2O2S. The van der Waals surface area contributed by atoms with E-state index in [0.29, 0.717) is 11.7 Å². The van der Waals surface area contributed by atoms with Crippen molar-refractivity contribution in [2.75, 3.05) is 0 Å². The summed E-state index contributed by atoms with van der Waals surface area (Å²) in [5.41, 5.74) is 0. The number of hydrogen-bond donors (Lipinski definition) is 0. The number of aromatic nitrogens is 2. The standard InChI is InChI=1S/C8H11ClN2O2S/c1-6-10-8(14(9,12)13)5-11(6)4-7-2-3-7/h5,7H,2-4H2,1H3. The van der Waals surface area contributed by atoms with Gasteiger partial charge >= 0.3 is 0 Å². The van der Waals surface area contributed by atoms with E-state index in [1.165, 1.54) is 19.0 Å². The first-order chi connectivity index (χ1) is 6.47. The third-order valence-corrected chi connectivity index (χ3v) is 3.53. The van der Waals surface area contributed by atoms with Gasteiger partial charge in [0, 0.05) is 23.4 Å². The first kappa shape index (κ1) is 9.98.